The predicted molar refractivity (Wildman–Crippen MR) is 62.0 cm³/mol. The Labute approximate surface area is 97.4 Å². The molecule has 0 aliphatic carbocycles. The molecule has 0 aliphatic heterocycles. The molecule has 1 unspecified atom stereocenters. The highest BCUT2D eigenvalue weighted by molar-refractivity contribution is 4.69. The zero-order valence-corrected chi connectivity index (χ0v) is 10.6. The van der Waals surface area contributed by atoms with Crippen molar-refractivity contribution in [1.82, 2.24) is 0 Å². The first-order valence-corrected chi connectivity index (χ1v) is 5.33. The molecular formula is C11H26O5. The van der Waals surface area contributed by atoms with Crippen LogP contribution < -0.4 is 0 Å². The summed E-state index contributed by atoms with van der Waals surface area (Å²) in [6.45, 7) is 6.09. The van der Waals surface area contributed by atoms with Crippen molar-refractivity contribution >= 4 is 0 Å². The number of rotatable bonds is 5. The van der Waals surface area contributed by atoms with Crippen LogP contribution >= 0.6 is 0 Å². The summed E-state index contributed by atoms with van der Waals surface area (Å²) in [6.07, 6.45) is 0.0301. The van der Waals surface area contributed by atoms with E-state index in [-0.39, 0.29) is 19.8 Å². The smallest absolute Gasteiger partial charge is 0.0616 e. The lowest BCUT2D eigenvalue weighted by Crippen LogP contribution is -2.29. The molecule has 1 atom stereocenters. The van der Waals surface area contributed by atoms with Crippen LogP contribution in [0.15, 0.2) is 0 Å². The summed E-state index contributed by atoms with van der Waals surface area (Å²) in [5.41, 5.74) is -1.44. The molecule has 16 heavy (non-hydrogen) atoms. The normalized spacial score (nSPS) is 14.1. The maximum atomic E-state index is 9.03. The Kier molecular flexibility index (Phi) is 9.06. The Bertz CT molecular complexity index is 150. The average molecular weight is 238 g/mol. The molecule has 5 N–H and O–H groups in total. The second-order valence-corrected chi connectivity index (χ2v) is 5.15. The quantitative estimate of drug-likeness (QED) is 0.444. The highest BCUT2D eigenvalue weighted by Gasteiger charge is 2.20. The topological polar surface area (TPSA) is 101 Å². The predicted octanol–water partition coefficient (Wildman–Crippen LogP) is -0.502. The third-order valence-electron chi connectivity index (χ3n) is 1.94. The summed E-state index contributed by atoms with van der Waals surface area (Å²) in [7, 11) is 0. The van der Waals surface area contributed by atoms with Crippen molar-refractivity contribution in [2.75, 3.05) is 19.8 Å². The molecule has 100 valence electrons. The van der Waals surface area contributed by atoms with Crippen LogP contribution in [-0.2, 0) is 0 Å². The summed E-state index contributed by atoms with van der Waals surface area (Å²) in [5, 5.41) is 43.2. The van der Waals surface area contributed by atoms with E-state index in [0.29, 0.717) is 6.42 Å². The van der Waals surface area contributed by atoms with E-state index in [2.05, 4.69) is 0 Å². The lowest BCUT2D eigenvalue weighted by molar-refractivity contribution is 0.0200. The molecule has 0 saturated heterocycles. The Hall–Kier alpha value is -0.200. The number of hydrogen-bond acceptors (Lipinski definition) is 5. The molecule has 0 saturated carbocycles. The number of aliphatic hydroxyl groups excluding tert-OH is 4. The molecule has 0 amide bonds. The van der Waals surface area contributed by atoms with Gasteiger partial charge in [0.1, 0.15) is 0 Å². The molecule has 5 heteroatoms. The van der Waals surface area contributed by atoms with Gasteiger partial charge in [-0.05, 0) is 20.8 Å². The first kappa shape index (κ1) is 18.2. The largest absolute Gasteiger partial charge is 0.396 e. The van der Waals surface area contributed by atoms with Crippen molar-refractivity contribution in [2.24, 2.45) is 5.41 Å². The van der Waals surface area contributed by atoms with Crippen molar-refractivity contribution < 1.29 is 25.5 Å². The molecule has 0 aromatic rings. The summed E-state index contributed by atoms with van der Waals surface area (Å²) >= 11 is 0. The molecule has 0 heterocycles. The molecule has 0 aromatic heterocycles. The summed E-state index contributed by atoms with van der Waals surface area (Å²) < 4.78 is 0. The second kappa shape index (κ2) is 7.97. The molecule has 0 bridgehead atoms. The lowest BCUT2D eigenvalue weighted by atomic mass is 9.95. The molecular weight excluding hydrogens is 212 g/mol. The monoisotopic (exact) mass is 238 g/mol. The van der Waals surface area contributed by atoms with E-state index in [0.717, 1.165) is 0 Å². The van der Waals surface area contributed by atoms with Crippen LogP contribution in [0.1, 0.15) is 34.1 Å². The van der Waals surface area contributed by atoms with Gasteiger partial charge in [0.25, 0.3) is 0 Å². The maximum absolute atomic E-state index is 9.03. The van der Waals surface area contributed by atoms with Crippen LogP contribution in [-0.4, -0.2) is 57.1 Å². The van der Waals surface area contributed by atoms with Gasteiger partial charge in [0.15, 0.2) is 0 Å². The molecule has 0 aromatic carbocycles. The minimum atomic E-state index is -0.728. The van der Waals surface area contributed by atoms with E-state index in [9.17, 15) is 0 Å². The molecule has 0 radical (unpaired) electrons. The van der Waals surface area contributed by atoms with E-state index in [1.807, 2.05) is 0 Å². The fourth-order valence-corrected chi connectivity index (χ4v) is 0.873. The van der Waals surface area contributed by atoms with E-state index in [4.69, 9.17) is 25.5 Å². The van der Waals surface area contributed by atoms with E-state index in [1.165, 1.54) is 0 Å². The molecule has 5 nitrogen and oxygen atoms in total. The van der Waals surface area contributed by atoms with Gasteiger partial charge in [-0.1, -0.05) is 6.92 Å². The first-order chi connectivity index (χ1) is 7.10. The molecule has 0 aliphatic rings. The number of aliphatic hydroxyl groups is 5. The van der Waals surface area contributed by atoms with E-state index >= 15 is 0 Å². The van der Waals surface area contributed by atoms with Crippen LogP contribution in [0.25, 0.3) is 0 Å². The van der Waals surface area contributed by atoms with Gasteiger partial charge in [-0.3, -0.25) is 0 Å². The van der Waals surface area contributed by atoms with Gasteiger partial charge in [-0.15, -0.1) is 0 Å². The third-order valence-corrected chi connectivity index (χ3v) is 1.94. The molecule has 0 spiro atoms. The average Bonchev–Trinajstić information content (AvgIpc) is 2.14. The Morgan fingerprint density at radius 1 is 0.938 bits per heavy atom. The van der Waals surface area contributed by atoms with Crippen LogP contribution in [0, 0.1) is 5.41 Å². The van der Waals surface area contributed by atoms with Gasteiger partial charge in [-0.2, -0.15) is 0 Å². The van der Waals surface area contributed by atoms with Gasteiger partial charge in [0.05, 0.1) is 31.5 Å². The highest BCUT2D eigenvalue weighted by atomic mass is 16.3. The van der Waals surface area contributed by atoms with Crippen LogP contribution in [0.5, 0.6) is 0 Å². The van der Waals surface area contributed by atoms with Gasteiger partial charge in [0, 0.05) is 11.8 Å². The van der Waals surface area contributed by atoms with Gasteiger partial charge < -0.3 is 25.5 Å². The van der Waals surface area contributed by atoms with E-state index < -0.39 is 17.1 Å². The maximum Gasteiger partial charge on any atom is 0.0616 e. The van der Waals surface area contributed by atoms with Crippen LogP contribution in [0.3, 0.4) is 0 Å². The van der Waals surface area contributed by atoms with Crippen molar-refractivity contribution in [3.8, 4) is 0 Å². The zero-order chi connectivity index (χ0) is 13.4. The zero-order valence-electron chi connectivity index (χ0n) is 10.6. The highest BCUT2D eigenvalue weighted by Crippen LogP contribution is 2.11. The Balaban J connectivity index is 0. The summed E-state index contributed by atoms with van der Waals surface area (Å²) in [5.74, 6) is 0. The van der Waals surface area contributed by atoms with Crippen molar-refractivity contribution in [2.45, 2.75) is 45.8 Å². The minimum absolute atomic E-state index is 0.181. The van der Waals surface area contributed by atoms with Crippen LogP contribution in [0.4, 0.5) is 0 Å². The fourth-order valence-electron chi connectivity index (χ4n) is 0.873. The SMILES string of the molecule is CC(CO)(CO)CO.CC(O)CC(C)(C)O. The Morgan fingerprint density at radius 3 is 1.25 bits per heavy atom. The molecule has 0 fully saturated rings. The van der Waals surface area contributed by atoms with Crippen molar-refractivity contribution in [3.05, 3.63) is 0 Å². The van der Waals surface area contributed by atoms with E-state index in [1.54, 1.807) is 27.7 Å². The Morgan fingerprint density at radius 2 is 1.25 bits per heavy atom. The second-order valence-electron chi connectivity index (χ2n) is 5.15. The number of hydrogen-bond donors (Lipinski definition) is 5. The standard InChI is InChI=1S/C6H14O2.C5H12O3/c1-5(7)4-6(2,3)8;1-5(2-6,3-7)4-8/h5,7-8H,4H2,1-3H3;6-8H,2-4H2,1H3. The van der Waals surface area contributed by atoms with Crippen molar-refractivity contribution in [3.63, 3.8) is 0 Å². The fraction of sp³-hybridized carbons (Fsp3) is 1.00. The lowest BCUT2D eigenvalue weighted by Gasteiger charge is -2.20. The van der Waals surface area contributed by atoms with Gasteiger partial charge >= 0.3 is 0 Å². The first-order valence-electron chi connectivity index (χ1n) is 5.33. The minimum Gasteiger partial charge on any atom is -0.396 e. The third kappa shape index (κ3) is 11.9. The van der Waals surface area contributed by atoms with Crippen molar-refractivity contribution in [1.29, 1.82) is 0 Å². The molecule has 0 rings (SSSR count). The summed E-state index contributed by atoms with van der Waals surface area (Å²) in [4.78, 5) is 0. The summed E-state index contributed by atoms with van der Waals surface area (Å²) in [6, 6.07) is 0. The van der Waals surface area contributed by atoms with Gasteiger partial charge in [-0.25, -0.2) is 0 Å². The van der Waals surface area contributed by atoms with Gasteiger partial charge in [0.2, 0.25) is 0 Å². The van der Waals surface area contributed by atoms with Crippen LogP contribution in [0.2, 0.25) is 0 Å².